The standard InChI is InChI=1S/C15H22BrNO2/c1-5-8-15(13(6-2)9-12(4)16)14(10-17-18)11-19-7-3/h6,8-12,18H,2,5,7H2,1,3-4H3/b13-9-,14-11+,15-8+,17-10+. The van der Waals surface area contributed by atoms with E-state index >= 15 is 0 Å². The van der Waals surface area contributed by atoms with Gasteiger partial charge in [0.2, 0.25) is 0 Å². The van der Waals surface area contributed by atoms with Crippen LogP contribution in [0.4, 0.5) is 0 Å². The lowest BCUT2D eigenvalue weighted by Crippen LogP contribution is -1.99. The van der Waals surface area contributed by atoms with Crippen molar-refractivity contribution < 1.29 is 9.94 Å². The van der Waals surface area contributed by atoms with Crippen molar-refractivity contribution in [3.05, 3.63) is 47.8 Å². The summed E-state index contributed by atoms with van der Waals surface area (Å²) in [5.74, 6) is 0. The second kappa shape index (κ2) is 10.6. The summed E-state index contributed by atoms with van der Waals surface area (Å²) in [4.78, 5) is 0.222. The Morgan fingerprint density at radius 3 is 2.53 bits per heavy atom. The highest BCUT2D eigenvalue weighted by Gasteiger charge is 2.08. The van der Waals surface area contributed by atoms with Crippen LogP contribution >= 0.6 is 15.9 Å². The number of allylic oxidation sites excluding steroid dienone is 6. The molecule has 19 heavy (non-hydrogen) atoms. The first kappa shape index (κ1) is 17.7. The van der Waals surface area contributed by atoms with E-state index in [4.69, 9.17) is 9.94 Å². The molecular formula is C15H22BrNO2. The van der Waals surface area contributed by atoms with E-state index in [1.807, 2.05) is 26.8 Å². The average molecular weight is 328 g/mol. The third-order valence-electron chi connectivity index (χ3n) is 2.23. The van der Waals surface area contributed by atoms with Gasteiger partial charge in [-0.05, 0) is 31.4 Å². The first-order valence-corrected chi connectivity index (χ1v) is 7.20. The third kappa shape index (κ3) is 7.01. The minimum Gasteiger partial charge on any atom is -0.501 e. The molecule has 0 radical (unpaired) electrons. The van der Waals surface area contributed by atoms with Gasteiger partial charge in [-0.3, -0.25) is 0 Å². The predicted octanol–water partition coefficient (Wildman–Crippen LogP) is 4.60. The molecule has 4 heteroatoms. The topological polar surface area (TPSA) is 41.8 Å². The summed E-state index contributed by atoms with van der Waals surface area (Å²) in [5.41, 5.74) is 2.62. The molecule has 0 aromatic rings. The predicted molar refractivity (Wildman–Crippen MR) is 85.0 cm³/mol. The average Bonchev–Trinajstić information content (AvgIpc) is 2.38. The molecule has 0 aliphatic heterocycles. The first-order valence-electron chi connectivity index (χ1n) is 6.29. The highest BCUT2D eigenvalue weighted by atomic mass is 79.9. The van der Waals surface area contributed by atoms with Crippen LogP contribution in [0.15, 0.2) is 52.9 Å². The molecule has 0 saturated carbocycles. The van der Waals surface area contributed by atoms with Crippen LogP contribution in [0, 0.1) is 0 Å². The maximum absolute atomic E-state index is 8.78. The summed E-state index contributed by atoms with van der Waals surface area (Å²) in [6.07, 6.45) is 9.70. The van der Waals surface area contributed by atoms with Crippen molar-refractivity contribution >= 4 is 22.1 Å². The molecule has 1 atom stereocenters. The summed E-state index contributed by atoms with van der Waals surface area (Å²) >= 11 is 3.49. The first-order chi connectivity index (χ1) is 9.10. The summed E-state index contributed by atoms with van der Waals surface area (Å²) in [6.45, 7) is 10.4. The minimum atomic E-state index is 0.222. The van der Waals surface area contributed by atoms with E-state index in [1.165, 1.54) is 6.21 Å². The Kier molecular flexibility index (Phi) is 9.90. The van der Waals surface area contributed by atoms with E-state index < -0.39 is 0 Å². The zero-order chi connectivity index (χ0) is 14.7. The van der Waals surface area contributed by atoms with Crippen molar-refractivity contribution in [3.63, 3.8) is 0 Å². The summed E-state index contributed by atoms with van der Waals surface area (Å²) in [7, 11) is 0. The molecule has 0 aliphatic rings. The summed E-state index contributed by atoms with van der Waals surface area (Å²) < 4.78 is 5.30. The lowest BCUT2D eigenvalue weighted by atomic mass is 9.97. The maximum Gasteiger partial charge on any atom is 0.0924 e. The van der Waals surface area contributed by atoms with Crippen molar-refractivity contribution in [1.29, 1.82) is 0 Å². The van der Waals surface area contributed by atoms with Gasteiger partial charge in [-0.1, -0.05) is 52.8 Å². The number of hydrogen-bond acceptors (Lipinski definition) is 3. The number of nitrogens with zero attached hydrogens (tertiary/aromatic N) is 1. The van der Waals surface area contributed by atoms with Crippen LogP contribution in [0.2, 0.25) is 0 Å². The summed E-state index contributed by atoms with van der Waals surface area (Å²) in [5, 5.41) is 11.9. The molecule has 1 N–H and O–H groups in total. The molecule has 0 aliphatic carbocycles. The van der Waals surface area contributed by atoms with Gasteiger partial charge in [-0.15, -0.1) is 0 Å². The monoisotopic (exact) mass is 327 g/mol. The number of alkyl halides is 1. The second-order valence-corrected chi connectivity index (χ2v) is 5.25. The van der Waals surface area contributed by atoms with Crippen LogP contribution in [0.25, 0.3) is 0 Å². The van der Waals surface area contributed by atoms with Gasteiger partial charge in [0.25, 0.3) is 0 Å². The highest BCUT2D eigenvalue weighted by Crippen LogP contribution is 2.22. The molecule has 1 unspecified atom stereocenters. The van der Waals surface area contributed by atoms with E-state index in [1.54, 1.807) is 12.3 Å². The zero-order valence-electron chi connectivity index (χ0n) is 11.8. The Labute approximate surface area is 124 Å². The van der Waals surface area contributed by atoms with Gasteiger partial charge in [0, 0.05) is 10.4 Å². The molecule has 0 aromatic carbocycles. The van der Waals surface area contributed by atoms with Gasteiger partial charge in [0.15, 0.2) is 0 Å². The number of oxime groups is 1. The van der Waals surface area contributed by atoms with E-state index in [-0.39, 0.29) is 4.83 Å². The van der Waals surface area contributed by atoms with E-state index in [2.05, 4.69) is 33.7 Å². The molecule has 0 spiro atoms. The largest absolute Gasteiger partial charge is 0.501 e. The molecule has 3 nitrogen and oxygen atoms in total. The van der Waals surface area contributed by atoms with Crippen LogP contribution in [-0.2, 0) is 4.74 Å². The molecule has 106 valence electrons. The molecule has 0 amide bonds. The van der Waals surface area contributed by atoms with Crippen LogP contribution < -0.4 is 0 Å². The normalized spacial score (nSPS) is 15.7. The van der Waals surface area contributed by atoms with Gasteiger partial charge in [0.05, 0.1) is 19.1 Å². The van der Waals surface area contributed by atoms with Gasteiger partial charge >= 0.3 is 0 Å². The molecule has 0 fully saturated rings. The fourth-order valence-electron chi connectivity index (χ4n) is 1.52. The number of rotatable bonds is 8. The lowest BCUT2D eigenvalue weighted by molar-refractivity contribution is 0.267. The highest BCUT2D eigenvalue weighted by molar-refractivity contribution is 9.09. The fourth-order valence-corrected chi connectivity index (χ4v) is 1.81. The van der Waals surface area contributed by atoms with E-state index in [0.717, 1.165) is 17.6 Å². The molecule has 0 rings (SSSR count). The van der Waals surface area contributed by atoms with Gasteiger partial charge in [-0.25, -0.2) is 0 Å². The van der Waals surface area contributed by atoms with Crippen LogP contribution in [0.3, 0.4) is 0 Å². The van der Waals surface area contributed by atoms with Crippen molar-refractivity contribution in [1.82, 2.24) is 0 Å². The minimum absolute atomic E-state index is 0.222. The van der Waals surface area contributed by atoms with Gasteiger partial charge < -0.3 is 9.94 Å². The van der Waals surface area contributed by atoms with Gasteiger partial charge in [-0.2, -0.15) is 0 Å². The Morgan fingerprint density at radius 1 is 1.42 bits per heavy atom. The SMILES string of the molecule is C=CC(=C/C(C)Br)/C(=C\CC)C(=C/OCC)/C=N/O. The molecule has 0 bridgehead atoms. The van der Waals surface area contributed by atoms with Crippen LogP contribution in [0.5, 0.6) is 0 Å². The van der Waals surface area contributed by atoms with E-state index in [0.29, 0.717) is 12.2 Å². The van der Waals surface area contributed by atoms with Crippen molar-refractivity contribution in [3.8, 4) is 0 Å². The number of ether oxygens (including phenoxy) is 1. The molecular weight excluding hydrogens is 306 g/mol. The number of hydrogen-bond donors (Lipinski definition) is 1. The molecule has 0 heterocycles. The van der Waals surface area contributed by atoms with Crippen molar-refractivity contribution in [2.24, 2.45) is 5.16 Å². The zero-order valence-corrected chi connectivity index (χ0v) is 13.4. The Balaban J connectivity index is 5.61. The molecule has 0 saturated heterocycles. The van der Waals surface area contributed by atoms with Crippen molar-refractivity contribution in [2.45, 2.75) is 32.0 Å². The second-order valence-electron chi connectivity index (χ2n) is 3.80. The summed E-state index contributed by atoms with van der Waals surface area (Å²) in [6, 6.07) is 0. The van der Waals surface area contributed by atoms with Crippen LogP contribution in [0.1, 0.15) is 27.2 Å². The maximum atomic E-state index is 8.78. The van der Waals surface area contributed by atoms with Crippen molar-refractivity contribution in [2.75, 3.05) is 6.61 Å². The Bertz CT molecular complexity index is 393. The van der Waals surface area contributed by atoms with Crippen LogP contribution in [-0.4, -0.2) is 22.9 Å². The Morgan fingerprint density at radius 2 is 2.11 bits per heavy atom. The smallest absolute Gasteiger partial charge is 0.0924 e. The lowest BCUT2D eigenvalue weighted by Gasteiger charge is -2.11. The Hall–Kier alpha value is -1.29. The third-order valence-corrected chi connectivity index (χ3v) is 2.50. The fraction of sp³-hybridized carbons (Fsp3) is 0.400. The molecule has 0 aromatic heterocycles. The quantitative estimate of drug-likeness (QED) is 0.177. The number of halogens is 1. The van der Waals surface area contributed by atoms with Gasteiger partial charge in [0.1, 0.15) is 0 Å². The van der Waals surface area contributed by atoms with E-state index in [9.17, 15) is 0 Å².